The van der Waals surface area contributed by atoms with Crippen LogP contribution in [0.5, 0.6) is 0 Å². The van der Waals surface area contributed by atoms with Crippen molar-refractivity contribution < 1.29 is 14.7 Å². The van der Waals surface area contributed by atoms with Gasteiger partial charge in [-0.1, -0.05) is 12.1 Å². The van der Waals surface area contributed by atoms with Crippen molar-refractivity contribution in [1.29, 1.82) is 0 Å². The highest BCUT2D eigenvalue weighted by Crippen LogP contribution is 2.06. The van der Waals surface area contributed by atoms with Gasteiger partial charge >= 0.3 is 6.09 Å². The van der Waals surface area contributed by atoms with Crippen molar-refractivity contribution in [3.05, 3.63) is 0 Å². The number of oxime groups is 1. The summed E-state index contributed by atoms with van der Waals surface area (Å²) < 4.78 is 5.01. The topological polar surface area (TPSA) is 96.9 Å². The van der Waals surface area contributed by atoms with E-state index in [9.17, 15) is 4.79 Å². The van der Waals surface area contributed by atoms with Crippen molar-refractivity contribution in [3.8, 4) is 0 Å². The average Bonchev–Trinajstić information content (AvgIpc) is 2.10. The SMILES string of the molecule is C[C@@H](CNC(=O)OC(C)(C)C)/C(N)=N\O. The second kappa shape index (κ2) is 5.43. The largest absolute Gasteiger partial charge is 0.444 e. The summed E-state index contributed by atoms with van der Waals surface area (Å²) in [6.07, 6.45) is -0.514. The van der Waals surface area contributed by atoms with Crippen molar-refractivity contribution in [3.63, 3.8) is 0 Å². The van der Waals surface area contributed by atoms with Crippen molar-refractivity contribution in [2.24, 2.45) is 16.8 Å². The molecule has 0 heterocycles. The summed E-state index contributed by atoms with van der Waals surface area (Å²) in [6.45, 7) is 7.33. The summed E-state index contributed by atoms with van der Waals surface area (Å²) in [4.78, 5) is 11.2. The molecule has 0 aliphatic carbocycles. The maximum Gasteiger partial charge on any atom is 0.407 e. The normalized spacial score (nSPS) is 14.5. The van der Waals surface area contributed by atoms with Crippen LogP contribution in [0.15, 0.2) is 5.16 Å². The molecule has 0 aromatic heterocycles. The zero-order chi connectivity index (χ0) is 12.1. The molecule has 0 saturated carbocycles. The summed E-state index contributed by atoms with van der Waals surface area (Å²) in [5.41, 5.74) is 4.81. The molecule has 6 nitrogen and oxygen atoms in total. The molecule has 0 aliphatic rings. The van der Waals surface area contributed by atoms with Crippen LogP contribution in [0.3, 0.4) is 0 Å². The van der Waals surface area contributed by atoms with Crippen LogP contribution in [-0.4, -0.2) is 29.3 Å². The first-order valence-electron chi connectivity index (χ1n) is 4.70. The molecule has 1 atom stereocenters. The predicted molar refractivity (Wildman–Crippen MR) is 56.8 cm³/mol. The minimum absolute atomic E-state index is 0.0751. The molecule has 0 aromatic rings. The van der Waals surface area contributed by atoms with E-state index in [2.05, 4.69) is 10.5 Å². The van der Waals surface area contributed by atoms with Gasteiger partial charge < -0.3 is 21.0 Å². The van der Waals surface area contributed by atoms with Crippen LogP contribution < -0.4 is 11.1 Å². The van der Waals surface area contributed by atoms with E-state index in [0.29, 0.717) is 0 Å². The van der Waals surface area contributed by atoms with E-state index in [4.69, 9.17) is 15.7 Å². The first kappa shape index (κ1) is 13.5. The maximum atomic E-state index is 11.2. The Labute approximate surface area is 89.5 Å². The van der Waals surface area contributed by atoms with Crippen molar-refractivity contribution in [2.75, 3.05) is 6.54 Å². The number of alkyl carbamates (subject to hydrolysis) is 1. The first-order valence-corrected chi connectivity index (χ1v) is 4.70. The van der Waals surface area contributed by atoms with Crippen LogP contribution in [-0.2, 0) is 4.74 Å². The zero-order valence-electron chi connectivity index (χ0n) is 9.57. The lowest BCUT2D eigenvalue weighted by Gasteiger charge is -2.20. The van der Waals surface area contributed by atoms with Crippen LogP contribution in [0, 0.1) is 5.92 Å². The first-order chi connectivity index (χ1) is 6.76. The number of carbonyl (C=O) groups excluding carboxylic acids is 1. The average molecular weight is 217 g/mol. The summed E-state index contributed by atoms with van der Waals surface area (Å²) in [6, 6.07) is 0. The third kappa shape index (κ3) is 6.59. The van der Waals surface area contributed by atoms with Crippen LogP contribution >= 0.6 is 0 Å². The molecular weight excluding hydrogens is 198 g/mol. The highest BCUT2D eigenvalue weighted by molar-refractivity contribution is 5.82. The molecule has 0 radical (unpaired) electrons. The molecule has 4 N–H and O–H groups in total. The number of hydrogen-bond acceptors (Lipinski definition) is 4. The van der Waals surface area contributed by atoms with Crippen LogP contribution in [0.4, 0.5) is 4.79 Å². The fourth-order valence-corrected chi connectivity index (χ4v) is 0.754. The Morgan fingerprint density at radius 3 is 2.53 bits per heavy atom. The summed E-state index contributed by atoms with van der Waals surface area (Å²) in [5.74, 6) is -0.159. The fraction of sp³-hybridized carbons (Fsp3) is 0.778. The number of amidine groups is 1. The van der Waals surface area contributed by atoms with Gasteiger partial charge in [0.15, 0.2) is 0 Å². The highest BCUT2D eigenvalue weighted by Gasteiger charge is 2.17. The molecule has 1 amide bonds. The molecule has 15 heavy (non-hydrogen) atoms. The maximum absolute atomic E-state index is 11.2. The van der Waals surface area contributed by atoms with E-state index in [-0.39, 0.29) is 18.3 Å². The summed E-state index contributed by atoms with van der Waals surface area (Å²) >= 11 is 0. The van der Waals surface area contributed by atoms with Crippen molar-refractivity contribution in [2.45, 2.75) is 33.3 Å². The molecule has 0 unspecified atom stereocenters. The molecule has 0 aromatic carbocycles. The number of amides is 1. The summed E-state index contributed by atoms with van der Waals surface area (Å²) in [7, 11) is 0. The number of carbonyl (C=O) groups is 1. The van der Waals surface area contributed by atoms with E-state index >= 15 is 0 Å². The highest BCUT2D eigenvalue weighted by atomic mass is 16.6. The van der Waals surface area contributed by atoms with Gasteiger partial charge in [0, 0.05) is 12.5 Å². The van der Waals surface area contributed by atoms with Gasteiger partial charge in [-0.15, -0.1) is 0 Å². The lowest BCUT2D eigenvalue weighted by atomic mass is 10.1. The summed E-state index contributed by atoms with van der Waals surface area (Å²) in [5, 5.41) is 13.7. The molecule has 0 rings (SSSR count). The molecule has 0 bridgehead atoms. The second-order valence-electron chi connectivity index (χ2n) is 4.31. The number of nitrogens with zero attached hydrogens (tertiary/aromatic N) is 1. The fourth-order valence-electron chi connectivity index (χ4n) is 0.754. The van der Waals surface area contributed by atoms with Gasteiger partial charge in [0.2, 0.25) is 0 Å². The second-order valence-corrected chi connectivity index (χ2v) is 4.31. The Morgan fingerprint density at radius 1 is 1.60 bits per heavy atom. The van der Waals surface area contributed by atoms with Gasteiger partial charge in [-0.3, -0.25) is 0 Å². The van der Waals surface area contributed by atoms with Gasteiger partial charge in [-0.25, -0.2) is 4.79 Å². The number of nitrogens with two attached hydrogens (primary N) is 1. The Balaban J connectivity index is 3.92. The molecule has 0 aliphatic heterocycles. The van der Waals surface area contributed by atoms with Gasteiger partial charge in [0.05, 0.1) is 0 Å². The lowest BCUT2D eigenvalue weighted by Crippen LogP contribution is -2.38. The Kier molecular flexibility index (Phi) is 4.90. The number of nitrogens with one attached hydrogen (secondary N) is 1. The Bertz CT molecular complexity index is 245. The van der Waals surface area contributed by atoms with Gasteiger partial charge in [0.1, 0.15) is 11.4 Å². The standard InChI is InChI=1S/C9H19N3O3/c1-6(7(10)12-14)5-11-8(13)15-9(2,3)4/h6,14H,5H2,1-4H3,(H2,10,12)(H,11,13)/t6-/m0/s1. The minimum atomic E-state index is -0.524. The lowest BCUT2D eigenvalue weighted by molar-refractivity contribution is 0.0524. The van der Waals surface area contributed by atoms with E-state index < -0.39 is 11.7 Å². The van der Waals surface area contributed by atoms with E-state index in [1.807, 2.05) is 0 Å². The zero-order valence-corrected chi connectivity index (χ0v) is 9.57. The number of rotatable bonds is 3. The quantitative estimate of drug-likeness (QED) is 0.283. The van der Waals surface area contributed by atoms with E-state index in [0.717, 1.165) is 0 Å². The van der Waals surface area contributed by atoms with Crippen LogP contribution in [0.2, 0.25) is 0 Å². The molecule has 0 spiro atoms. The molecule has 6 heteroatoms. The third-order valence-corrected chi connectivity index (χ3v) is 1.57. The number of hydrogen-bond donors (Lipinski definition) is 3. The van der Waals surface area contributed by atoms with Crippen molar-refractivity contribution >= 4 is 11.9 Å². The van der Waals surface area contributed by atoms with Crippen LogP contribution in [0.1, 0.15) is 27.7 Å². The van der Waals surface area contributed by atoms with Crippen molar-refractivity contribution in [1.82, 2.24) is 5.32 Å². The third-order valence-electron chi connectivity index (χ3n) is 1.57. The van der Waals surface area contributed by atoms with Gasteiger partial charge in [0.25, 0.3) is 0 Å². The molecular formula is C9H19N3O3. The Hall–Kier alpha value is -1.46. The molecule has 0 fully saturated rings. The molecule has 88 valence electrons. The Morgan fingerprint density at radius 2 is 2.13 bits per heavy atom. The van der Waals surface area contributed by atoms with E-state index in [1.165, 1.54) is 0 Å². The van der Waals surface area contributed by atoms with Crippen LogP contribution in [0.25, 0.3) is 0 Å². The minimum Gasteiger partial charge on any atom is -0.444 e. The van der Waals surface area contributed by atoms with Gasteiger partial charge in [-0.05, 0) is 20.8 Å². The monoisotopic (exact) mass is 217 g/mol. The van der Waals surface area contributed by atoms with E-state index in [1.54, 1.807) is 27.7 Å². The predicted octanol–water partition coefficient (Wildman–Crippen LogP) is 0.894. The molecule has 0 saturated heterocycles. The number of ether oxygens (including phenoxy) is 1. The smallest absolute Gasteiger partial charge is 0.407 e. The van der Waals surface area contributed by atoms with Gasteiger partial charge in [-0.2, -0.15) is 0 Å².